The van der Waals surface area contributed by atoms with Crippen LogP contribution in [-0.2, 0) is 23.2 Å². The number of methoxy groups -OCH3 is 2. The predicted octanol–water partition coefficient (Wildman–Crippen LogP) is 4.41. The highest BCUT2D eigenvalue weighted by Gasteiger charge is 2.47. The van der Waals surface area contributed by atoms with E-state index in [0.29, 0.717) is 22.8 Å². The molecule has 0 bridgehead atoms. The molecular formula is C27H24N2O6. The Morgan fingerprint density at radius 3 is 2.51 bits per heavy atom. The summed E-state index contributed by atoms with van der Waals surface area (Å²) in [4.78, 5) is 28.1. The molecule has 1 atom stereocenters. The number of furan rings is 1. The van der Waals surface area contributed by atoms with Gasteiger partial charge in [0.2, 0.25) is 0 Å². The van der Waals surface area contributed by atoms with Gasteiger partial charge in [-0.25, -0.2) is 0 Å². The number of aliphatic hydroxyl groups is 1. The standard InChI is InChI=1S/C27H24N2O6/c1-28-15-19(18-8-4-5-9-20(18)28)24-23(25(30)16-10-11-21(33-2)22(13-16)34-3)26(31)27(32)29(24)14-17-7-6-12-35-17/h4-13,15,24,30H,14H2,1-3H3/b25-23+. The maximum Gasteiger partial charge on any atom is 0.296 e. The number of hydrogen-bond donors (Lipinski definition) is 1. The predicted molar refractivity (Wildman–Crippen MR) is 129 cm³/mol. The van der Waals surface area contributed by atoms with Gasteiger partial charge in [-0.1, -0.05) is 18.2 Å². The number of likely N-dealkylation sites (tertiary alicyclic amines) is 1. The zero-order valence-electron chi connectivity index (χ0n) is 19.5. The number of Topliss-reactive ketones (excluding diaryl/α,β-unsaturated/α-hetero) is 1. The summed E-state index contributed by atoms with van der Waals surface area (Å²) in [6.45, 7) is 0.0776. The number of aryl methyl sites for hydroxylation is 1. The molecule has 0 radical (unpaired) electrons. The molecule has 5 rings (SSSR count). The molecular weight excluding hydrogens is 448 g/mol. The van der Waals surface area contributed by atoms with Crippen molar-refractivity contribution in [3.8, 4) is 11.5 Å². The maximum atomic E-state index is 13.4. The monoisotopic (exact) mass is 472 g/mol. The molecule has 1 fully saturated rings. The van der Waals surface area contributed by atoms with E-state index in [9.17, 15) is 14.7 Å². The molecule has 4 aromatic rings. The number of ketones is 1. The molecule has 2 aromatic carbocycles. The lowest BCUT2D eigenvalue weighted by molar-refractivity contribution is -0.140. The van der Waals surface area contributed by atoms with Crippen molar-refractivity contribution in [2.24, 2.45) is 7.05 Å². The van der Waals surface area contributed by atoms with Crippen LogP contribution in [0, 0.1) is 0 Å². The van der Waals surface area contributed by atoms with E-state index in [1.165, 1.54) is 25.4 Å². The summed E-state index contributed by atoms with van der Waals surface area (Å²) in [6.07, 6.45) is 3.40. The maximum absolute atomic E-state index is 13.4. The number of fused-ring (bicyclic) bond motifs is 1. The Kier molecular flexibility index (Phi) is 5.56. The van der Waals surface area contributed by atoms with E-state index in [-0.39, 0.29) is 17.9 Å². The van der Waals surface area contributed by atoms with Crippen molar-refractivity contribution in [2.75, 3.05) is 14.2 Å². The lowest BCUT2D eigenvalue weighted by Crippen LogP contribution is -2.29. The normalized spacial score (nSPS) is 17.3. The third kappa shape index (κ3) is 3.63. The van der Waals surface area contributed by atoms with Crippen LogP contribution in [0.5, 0.6) is 11.5 Å². The van der Waals surface area contributed by atoms with Gasteiger partial charge in [0, 0.05) is 35.3 Å². The summed E-state index contributed by atoms with van der Waals surface area (Å²) < 4.78 is 18.1. The quantitative estimate of drug-likeness (QED) is 0.254. The summed E-state index contributed by atoms with van der Waals surface area (Å²) >= 11 is 0. The topological polar surface area (TPSA) is 94.1 Å². The molecule has 2 aromatic heterocycles. The summed E-state index contributed by atoms with van der Waals surface area (Å²) in [5, 5.41) is 12.3. The fourth-order valence-electron chi connectivity index (χ4n) is 4.67. The minimum absolute atomic E-state index is 0.00475. The lowest BCUT2D eigenvalue weighted by Gasteiger charge is -2.24. The van der Waals surface area contributed by atoms with Crippen molar-refractivity contribution in [3.63, 3.8) is 0 Å². The molecule has 1 amide bonds. The first-order chi connectivity index (χ1) is 16.9. The van der Waals surface area contributed by atoms with Crippen molar-refractivity contribution in [1.29, 1.82) is 0 Å². The Bertz CT molecular complexity index is 1460. The molecule has 1 aliphatic heterocycles. The van der Waals surface area contributed by atoms with Crippen LogP contribution < -0.4 is 9.47 Å². The first kappa shape index (κ1) is 22.3. The van der Waals surface area contributed by atoms with Crippen LogP contribution in [0.2, 0.25) is 0 Å². The van der Waals surface area contributed by atoms with Gasteiger partial charge >= 0.3 is 0 Å². The molecule has 0 aliphatic carbocycles. The molecule has 0 spiro atoms. The number of carbonyl (C=O) groups is 2. The average Bonchev–Trinajstić information content (AvgIpc) is 3.57. The minimum Gasteiger partial charge on any atom is -0.507 e. The van der Waals surface area contributed by atoms with Crippen molar-refractivity contribution < 1.29 is 28.6 Å². The van der Waals surface area contributed by atoms with Gasteiger partial charge in [-0.15, -0.1) is 0 Å². The minimum atomic E-state index is -0.820. The lowest BCUT2D eigenvalue weighted by atomic mass is 9.94. The second kappa shape index (κ2) is 8.72. The van der Waals surface area contributed by atoms with Gasteiger partial charge < -0.3 is 28.5 Å². The number of hydrogen-bond acceptors (Lipinski definition) is 6. The summed E-state index contributed by atoms with van der Waals surface area (Å²) in [7, 11) is 4.90. The third-order valence-corrected chi connectivity index (χ3v) is 6.33. The van der Waals surface area contributed by atoms with Crippen molar-refractivity contribution in [1.82, 2.24) is 9.47 Å². The molecule has 1 N–H and O–H groups in total. The zero-order valence-corrected chi connectivity index (χ0v) is 19.5. The number of amides is 1. The average molecular weight is 472 g/mol. The summed E-state index contributed by atoms with van der Waals surface area (Å²) in [5.74, 6) is -0.355. The number of benzene rings is 2. The highest BCUT2D eigenvalue weighted by atomic mass is 16.5. The van der Waals surface area contributed by atoms with Crippen LogP contribution in [0.1, 0.15) is 22.9 Å². The summed E-state index contributed by atoms with van der Waals surface area (Å²) in [6, 6.07) is 15.2. The second-order valence-corrected chi connectivity index (χ2v) is 8.29. The van der Waals surface area contributed by atoms with Gasteiger partial charge in [0.15, 0.2) is 11.5 Å². The Morgan fingerprint density at radius 1 is 1.03 bits per heavy atom. The first-order valence-corrected chi connectivity index (χ1v) is 11.0. The SMILES string of the molecule is COc1ccc(/C(O)=C2\C(=O)C(=O)N(Cc3ccco3)C2c2cn(C)c3ccccc23)cc1OC. The van der Waals surface area contributed by atoms with Gasteiger partial charge in [-0.3, -0.25) is 9.59 Å². The second-order valence-electron chi connectivity index (χ2n) is 8.29. The number of aromatic nitrogens is 1. The van der Waals surface area contributed by atoms with Gasteiger partial charge in [-0.2, -0.15) is 0 Å². The zero-order chi connectivity index (χ0) is 24.7. The molecule has 3 heterocycles. The highest BCUT2D eigenvalue weighted by molar-refractivity contribution is 6.46. The molecule has 1 aliphatic rings. The Hall–Kier alpha value is -4.46. The van der Waals surface area contributed by atoms with Gasteiger partial charge in [-0.05, 0) is 36.4 Å². The van der Waals surface area contributed by atoms with Crippen molar-refractivity contribution in [2.45, 2.75) is 12.6 Å². The van der Waals surface area contributed by atoms with E-state index < -0.39 is 17.7 Å². The largest absolute Gasteiger partial charge is 0.507 e. The number of para-hydroxylation sites is 1. The highest BCUT2D eigenvalue weighted by Crippen LogP contribution is 2.43. The van der Waals surface area contributed by atoms with Gasteiger partial charge in [0.25, 0.3) is 11.7 Å². The van der Waals surface area contributed by atoms with E-state index >= 15 is 0 Å². The molecule has 35 heavy (non-hydrogen) atoms. The Balaban J connectivity index is 1.73. The number of ether oxygens (including phenoxy) is 2. The number of carbonyl (C=O) groups excluding carboxylic acids is 2. The fraction of sp³-hybridized carbons (Fsp3) is 0.185. The summed E-state index contributed by atoms with van der Waals surface area (Å²) in [5.41, 5.74) is 2.02. The van der Waals surface area contributed by atoms with Crippen LogP contribution in [0.15, 0.2) is 77.0 Å². The van der Waals surface area contributed by atoms with Gasteiger partial charge in [0.1, 0.15) is 11.5 Å². The van der Waals surface area contributed by atoms with E-state index in [4.69, 9.17) is 13.9 Å². The third-order valence-electron chi connectivity index (χ3n) is 6.33. The van der Waals surface area contributed by atoms with E-state index in [0.717, 1.165) is 16.5 Å². The Morgan fingerprint density at radius 2 is 1.80 bits per heavy atom. The van der Waals surface area contributed by atoms with E-state index in [1.54, 1.807) is 30.3 Å². The first-order valence-electron chi connectivity index (χ1n) is 11.0. The smallest absolute Gasteiger partial charge is 0.296 e. The van der Waals surface area contributed by atoms with Crippen LogP contribution in [0.4, 0.5) is 0 Å². The number of aliphatic hydroxyl groups excluding tert-OH is 1. The van der Waals surface area contributed by atoms with Crippen molar-refractivity contribution >= 4 is 28.4 Å². The van der Waals surface area contributed by atoms with E-state index in [1.807, 2.05) is 42.1 Å². The molecule has 8 nitrogen and oxygen atoms in total. The molecule has 178 valence electrons. The van der Waals surface area contributed by atoms with Crippen LogP contribution in [-0.4, -0.2) is 40.5 Å². The molecule has 0 saturated carbocycles. The van der Waals surface area contributed by atoms with Crippen LogP contribution in [0.3, 0.4) is 0 Å². The van der Waals surface area contributed by atoms with Crippen molar-refractivity contribution in [3.05, 3.63) is 89.5 Å². The fourth-order valence-corrected chi connectivity index (χ4v) is 4.67. The van der Waals surface area contributed by atoms with Crippen LogP contribution in [0.25, 0.3) is 16.7 Å². The van der Waals surface area contributed by atoms with E-state index in [2.05, 4.69) is 0 Å². The molecule has 8 heteroatoms. The molecule has 1 saturated heterocycles. The van der Waals surface area contributed by atoms with Gasteiger partial charge in [0.05, 0.1) is 38.6 Å². The van der Waals surface area contributed by atoms with Crippen LogP contribution >= 0.6 is 0 Å². The number of nitrogens with zero attached hydrogens (tertiary/aromatic N) is 2. The number of rotatable bonds is 6. The molecule has 1 unspecified atom stereocenters. The Labute approximate surface area is 201 Å².